The van der Waals surface area contributed by atoms with Crippen molar-refractivity contribution in [3.8, 4) is 0 Å². The maximum Gasteiger partial charge on any atom is 0.494 e. The second-order valence-corrected chi connectivity index (χ2v) is 9.51. The molecule has 0 N–H and O–H groups in total. The summed E-state index contributed by atoms with van der Waals surface area (Å²) in [5, 5.41) is 1.29. The molecule has 0 radical (unpaired) electrons. The first-order valence-electron chi connectivity index (χ1n) is 9.20. The fraction of sp³-hybridized carbons (Fsp3) is 0.632. The number of fused-ring (bicyclic) bond motifs is 1. The van der Waals surface area contributed by atoms with Crippen molar-refractivity contribution in [2.75, 3.05) is 20.1 Å². The van der Waals surface area contributed by atoms with Crippen molar-refractivity contribution < 1.29 is 9.31 Å². The first-order valence-corrected chi connectivity index (χ1v) is 10.0. The van der Waals surface area contributed by atoms with Gasteiger partial charge in [0.15, 0.2) is 0 Å². The van der Waals surface area contributed by atoms with Gasteiger partial charge in [0.05, 0.1) is 26.4 Å². The van der Waals surface area contributed by atoms with Gasteiger partial charge >= 0.3 is 7.12 Å². The van der Waals surface area contributed by atoms with Gasteiger partial charge < -0.3 is 14.2 Å². The first-order chi connectivity index (χ1) is 11.7. The maximum atomic E-state index is 6.18. The highest BCUT2D eigenvalue weighted by molar-refractivity contribution is 7.18. The Bertz CT molecular complexity index is 765. The molecule has 3 heterocycles. The number of rotatable bonds is 2. The summed E-state index contributed by atoms with van der Waals surface area (Å²) in [5.74, 6) is 0.605. The molecular weight excluding hydrogens is 331 g/mol. The Morgan fingerprint density at radius 1 is 1.12 bits per heavy atom. The second-order valence-electron chi connectivity index (χ2n) is 8.45. The van der Waals surface area contributed by atoms with Crippen LogP contribution in [0.2, 0.25) is 0 Å². The zero-order valence-electron chi connectivity index (χ0n) is 15.8. The van der Waals surface area contributed by atoms with Gasteiger partial charge in [-0.25, -0.2) is 4.98 Å². The number of thiazole rings is 1. The van der Waals surface area contributed by atoms with Crippen LogP contribution in [0.15, 0.2) is 18.2 Å². The Morgan fingerprint density at radius 3 is 2.40 bits per heavy atom. The molecule has 4 rings (SSSR count). The monoisotopic (exact) mass is 358 g/mol. The van der Waals surface area contributed by atoms with E-state index in [1.54, 1.807) is 0 Å². The third-order valence-electron chi connectivity index (χ3n) is 6.02. The average Bonchev–Trinajstić information content (AvgIpc) is 3.05. The van der Waals surface area contributed by atoms with Crippen LogP contribution >= 0.6 is 11.3 Å². The molecule has 0 aliphatic carbocycles. The van der Waals surface area contributed by atoms with E-state index in [-0.39, 0.29) is 18.3 Å². The van der Waals surface area contributed by atoms with E-state index in [4.69, 9.17) is 14.3 Å². The maximum absolute atomic E-state index is 6.18. The molecule has 25 heavy (non-hydrogen) atoms. The van der Waals surface area contributed by atoms with E-state index in [1.807, 2.05) is 11.3 Å². The van der Waals surface area contributed by atoms with Gasteiger partial charge in [-0.1, -0.05) is 6.07 Å². The van der Waals surface area contributed by atoms with Crippen LogP contribution in [-0.2, 0) is 9.31 Å². The van der Waals surface area contributed by atoms with Gasteiger partial charge in [0, 0.05) is 5.92 Å². The molecule has 0 amide bonds. The normalized spacial score (nSPS) is 24.3. The summed E-state index contributed by atoms with van der Waals surface area (Å²) in [6, 6.07) is 6.44. The summed E-state index contributed by atoms with van der Waals surface area (Å²) in [4.78, 5) is 7.36. The van der Waals surface area contributed by atoms with Crippen LogP contribution in [0.25, 0.3) is 10.2 Å². The second kappa shape index (κ2) is 6.05. The van der Waals surface area contributed by atoms with Gasteiger partial charge in [0.1, 0.15) is 0 Å². The molecule has 0 saturated carbocycles. The van der Waals surface area contributed by atoms with Gasteiger partial charge in [0.25, 0.3) is 0 Å². The van der Waals surface area contributed by atoms with Crippen molar-refractivity contribution >= 4 is 34.1 Å². The zero-order chi connectivity index (χ0) is 17.8. The number of piperidine rings is 1. The Hall–Kier alpha value is -0.945. The third kappa shape index (κ3) is 3.14. The lowest BCUT2D eigenvalue weighted by atomic mass is 9.79. The zero-order valence-corrected chi connectivity index (χ0v) is 16.7. The van der Waals surface area contributed by atoms with Crippen LogP contribution in [0, 0.1) is 0 Å². The lowest BCUT2D eigenvalue weighted by Crippen LogP contribution is -2.41. The Labute approximate surface area is 154 Å². The summed E-state index contributed by atoms with van der Waals surface area (Å²) < 4.78 is 13.6. The molecule has 1 aromatic carbocycles. The summed E-state index contributed by atoms with van der Waals surface area (Å²) >= 11 is 1.84. The molecule has 4 nitrogen and oxygen atoms in total. The van der Waals surface area contributed by atoms with E-state index in [0.717, 1.165) is 11.0 Å². The highest BCUT2D eigenvalue weighted by Crippen LogP contribution is 2.37. The molecule has 2 aliphatic heterocycles. The molecular formula is C19H27BN2O2S. The predicted octanol–water partition coefficient (Wildman–Crippen LogP) is 3.40. The molecule has 0 bridgehead atoms. The van der Waals surface area contributed by atoms with Crippen LogP contribution in [-0.4, -0.2) is 48.3 Å². The van der Waals surface area contributed by atoms with E-state index < -0.39 is 0 Å². The predicted molar refractivity (Wildman–Crippen MR) is 105 cm³/mol. The van der Waals surface area contributed by atoms with E-state index in [1.165, 1.54) is 35.6 Å². The van der Waals surface area contributed by atoms with Crippen LogP contribution in [0.5, 0.6) is 0 Å². The quantitative estimate of drug-likeness (QED) is 0.771. The number of likely N-dealkylation sites (tertiary alicyclic amines) is 1. The Balaban J connectivity index is 1.59. The molecule has 134 valence electrons. The standard InChI is InChI=1S/C19H27BN2O2S/c1-18(2)19(3,4)24-20(23-18)14-6-7-16-15(12-14)21-17(25-16)13-8-10-22(5)11-9-13/h6-7,12-13H,8-11H2,1-5H3. The minimum Gasteiger partial charge on any atom is -0.399 e. The fourth-order valence-corrected chi connectivity index (χ4v) is 4.64. The number of nitrogens with zero attached hydrogens (tertiary/aromatic N) is 2. The van der Waals surface area contributed by atoms with Crippen LogP contribution in [0.1, 0.15) is 51.5 Å². The van der Waals surface area contributed by atoms with Crippen molar-refractivity contribution in [3.63, 3.8) is 0 Å². The van der Waals surface area contributed by atoms with Crippen LogP contribution in [0.3, 0.4) is 0 Å². The molecule has 2 fully saturated rings. The van der Waals surface area contributed by atoms with E-state index in [9.17, 15) is 0 Å². The molecule has 2 aliphatic rings. The van der Waals surface area contributed by atoms with Crippen molar-refractivity contribution in [1.29, 1.82) is 0 Å². The van der Waals surface area contributed by atoms with Crippen LogP contribution < -0.4 is 5.46 Å². The van der Waals surface area contributed by atoms with Crippen LogP contribution in [0.4, 0.5) is 0 Å². The number of benzene rings is 1. The van der Waals surface area contributed by atoms with Crippen molar-refractivity contribution in [2.24, 2.45) is 0 Å². The number of aromatic nitrogens is 1. The van der Waals surface area contributed by atoms with Gasteiger partial charge in [-0.05, 0) is 78.3 Å². The molecule has 0 unspecified atom stereocenters. The topological polar surface area (TPSA) is 34.6 Å². The van der Waals surface area contributed by atoms with E-state index in [2.05, 4.69) is 57.8 Å². The summed E-state index contributed by atoms with van der Waals surface area (Å²) in [5.41, 5.74) is 1.51. The van der Waals surface area contributed by atoms with E-state index >= 15 is 0 Å². The minimum atomic E-state index is -0.317. The average molecular weight is 358 g/mol. The number of hydrogen-bond donors (Lipinski definition) is 0. The van der Waals surface area contributed by atoms with Gasteiger partial charge in [-0.15, -0.1) is 11.3 Å². The Morgan fingerprint density at radius 2 is 1.76 bits per heavy atom. The summed E-state index contributed by atoms with van der Waals surface area (Å²) in [6.45, 7) is 10.7. The SMILES string of the molecule is CN1CCC(c2nc3cc(B4OC(C)(C)C(C)(C)O4)ccc3s2)CC1. The largest absolute Gasteiger partial charge is 0.494 e. The summed E-state index contributed by atoms with van der Waals surface area (Å²) in [6.07, 6.45) is 2.42. The fourth-order valence-electron chi connectivity index (χ4n) is 3.52. The van der Waals surface area contributed by atoms with Crippen molar-refractivity contribution in [2.45, 2.75) is 57.7 Å². The smallest absolute Gasteiger partial charge is 0.399 e. The highest BCUT2D eigenvalue weighted by Gasteiger charge is 2.51. The third-order valence-corrected chi connectivity index (χ3v) is 7.22. The molecule has 0 spiro atoms. The van der Waals surface area contributed by atoms with Crippen molar-refractivity contribution in [3.05, 3.63) is 23.2 Å². The first kappa shape index (κ1) is 17.5. The lowest BCUT2D eigenvalue weighted by molar-refractivity contribution is 0.00578. The van der Waals surface area contributed by atoms with E-state index in [0.29, 0.717) is 5.92 Å². The highest BCUT2D eigenvalue weighted by atomic mass is 32.1. The van der Waals surface area contributed by atoms with Crippen molar-refractivity contribution in [1.82, 2.24) is 9.88 Å². The molecule has 0 atom stereocenters. The Kier molecular flexibility index (Phi) is 4.23. The summed E-state index contributed by atoms with van der Waals surface area (Å²) in [7, 11) is 1.88. The number of hydrogen-bond acceptors (Lipinski definition) is 5. The van der Waals surface area contributed by atoms with Gasteiger partial charge in [-0.3, -0.25) is 0 Å². The molecule has 2 saturated heterocycles. The minimum absolute atomic E-state index is 0.312. The lowest BCUT2D eigenvalue weighted by Gasteiger charge is -2.32. The molecule has 2 aromatic rings. The molecule has 1 aromatic heterocycles. The van der Waals surface area contributed by atoms with Gasteiger partial charge in [-0.2, -0.15) is 0 Å². The van der Waals surface area contributed by atoms with Gasteiger partial charge in [0.2, 0.25) is 0 Å². The molecule has 6 heteroatoms.